The van der Waals surface area contributed by atoms with Crippen molar-refractivity contribution in [1.82, 2.24) is 9.97 Å². The van der Waals surface area contributed by atoms with Gasteiger partial charge in [-0.05, 0) is 13.3 Å². The Kier molecular flexibility index (Phi) is 5.98. The molecule has 0 aliphatic carbocycles. The number of nitrogens with one attached hydrogen (secondary N) is 1. The number of rotatable bonds is 8. The van der Waals surface area contributed by atoms with Gasteiger partial charge in [-0.15, -0.1) is 0 Å². The third-order valence-electron chi connectivity index (χ3n) is 2.49. The number of unbranched alkanes of at least 4 members (excludes halogenated alkanes) is 1. The summed E-state index contributed by atoms with van der Waals surface area (Å²) in [4.78, 5) is 20.5. The van der Waals surface area contributed by atoms with Gasteiger partial charge in [0.15, 0.2) is 11.6 Å². The average molecular weight is 269 g/mol. The van der Waals surface area contributed by atoms with Crippen LogP contribution in [0.15, 0.2) is 6.20 Å². The van der Waals surface area contributed by atoms with Crippen LogP contribution in [0, 0.1) is 5.82 Å². The van der Waals surface area contributed by atoms with Gasteiger partial charge >= 0.3 is 0 Å². The lowest BCUT2D eigenvalue weighted by Gasteiger charge is -2.22. The molecule has 0 aliphatic heterocycles. The standard InChI is InChI=1S/C12H20FN5O/c1-3-5-6-18(8-10(14)19)11-9(13)7-16-12(17-11)15-4-2/h7H,3-6,8H2,1-2H3,(H2,14,19)(H,15,16,17). The van der Waals surface area contributed by atoms with Crippen LogP contribution in [0.25, 0.3) is 0 Å². The number of halogens is 1. The third-order valence-corrected chi connectivity index (χ3v) is 2.49. The van der Waals surface area contributed by atoms with Crippen LogP contribution < -0.4 is 16.0 Å². The molecule has 1 heterocycles. The number of aromatic nitrogens is 2. The molecule has 0 fully saturated rings. The summed E-state index contributed by atoms with van der Waals surface area (Å²) in [5, 5.41) is 2.91. The van der Waals surface area contributed by atoms with Crippen molar-refractivity contribution in [3.8, 4) is 0 Å². The van der Waals surface area contributed by atoms with Gasteiger partial charge in [0.05, 0.1) is 12.7 Å². The van der Waals surface area contributed by atoms with E-state index in [2.05, 4.69) is 15.3 Å². The maximum Gasteiger partial charge on any atom is 0.237 e. The molecule has 6 nitrogen and oxygen atoms in total. The summed E-state index contributed by atoms with van der Waals surface area (Å²) in [6, 6.07) is 0. The number of hydrogen-bond acceptors (Lipinski definition) is 5. The molecule has 0 saturated carbocycles. The van der Waals surface area contributed by atoms with Crippen LogP contribution in [0.1, 0.15) is 26.7 Å². The SMILES string of the molecule is CCCCN(CC(N)=O)c1nc(NCC)ncc1F. The van der Waals surface area contributed by atoms with Gasteiger partial charge in [0.1, 0.15) is 0 Å². The van der Waals surface area contributed by atoms with Crippen LogP contribution >= 0.6 is 0 Å². The third kappa shape index (κ3) is 4.69. The topological polar surface area (TPSA) is 84.1 Å². The summed E-state index contributed by atoms with van der Waals surface area (Å²) >= 11 is 0. The first-order valence-corrected chi connectivity index (χ1v) is 6.38. The normalized spacial score (nSPS) is 10.3. The van der Waals surface area contributed by atoms with Crippen molar-refractivity contribution in [2.45, 2.75) is 26.7 Å². The molecule has 0 radical (unpaired) electrons. The second-order valence-corrected chi connectivity index (χ2v) is 4.14. The molecule has 7 heteroatoms. The molecule has 1 aromatic heterocycles. The van der Waals surface area contributed by atoms with Crippen molar-refractivity contribution in [1.29, 1.82) is 0 Å². The maximum absolute atomic E-state index is 13.8. The Labute approximate surface area is 112 Å². The van der Waals surface area contributed by atoms with Gasteiger partial charge in [-0.3, -0.25) is 4.79 Å². The first-order chi connectivity index (χ1) is 9.08. The van der Waals surface area contributed by atoms with Gasteiger partial charge in [0, 0.05) is 13.1 Å². The Morgan fingerprint density at radius 1 is 1.53 bits per heavy atom. The number of nitrogens with zero attached hydrogens (tertiary/aromatic N) is 3. The van der Waals surface area contributed by atoms with E-state index in [0.29, 0.717) is 19.0 Å². The highest BCUT2D eigenvalue weighted by Crippen LogP contribution is 2.17. The smallest absolute Gasteiger partial charge is 0.237 e. The molecule has 0 saturated heterocycles. The zero-order valence-corrected chi connectivity index (χ0v) is 11.3. The van der Waals surface area contributed by atoms with E-state index in [1.54, 1.807) is 4.90 Å². The monoisotopic (exact) mass is 269 g/mol. The Morgan fingerprint density at radius 3 is 2.84 bits per heavy atom. The quantitative estimate of drug-likeness (QED) is 0.739. The predicted octanol–water partition coefficient (Wildman–Crippen LogP) is 1.14. The molecule has 1 rings (SSSR count). The van der Waals surface area contributed by atoms with Crippen LogP contribution in [-0.4, -0.2) is 35.5 Å². The van der Waals surface area contributed by atoms with E-state index in [9.17, 15) is 9.18 Å². The lowest BCUT2D eigenvalue weighted by Crippen LogP contribution is -2.35. The van der Waals surface area contributed by atoms with Crippen LogP contribution in [-0.2, 0) is 4.79 Å². The van der Waals surface area contributed by atoms with E-state index in [0.717, 1.165) is 19.0 Å². The number of anilines is 2. The lowest BCUT2D eigenvalue weighted by molar-refractivity contribution is -0.116. The first kappa shape index (κ1) is 15.1. The number of amides is 1. The highest BCUT2D eigenvalue weighted by Gasteiger charge is 2.16. The molecule has 19 heavy (non-hydrogen) atoms. The molecule has 1 aromatic rings. The van der Waals surface area contributed by atoms with Gasteiger partial charge in [-0.2, -0.15) is 4.98 Å². The summed E-state index contributed by atoms with van der Waals surface area (Å²) in [5.74, 6) is -0.624. The largest absolute Gasteiger partial charge is 0.368 e. The molecule has 0 spiro atoms. The number of hydrogen-bond donors (Lipinski definition) is 2. The van der Waals surface area contributed by atoms with Crippen LogP contribution in [0.5, 0.6) is 0 Å². The van der Waals surface area contributed by atoms with E-state index in [4.69, 9.17) is 5.73 Å². The molecule has 0 bridgehead atoms. The maximum atomic E-state index is 13.8. The van der Waals surface area contributed by atoms with Crippen molar-refractivity contribution < 1.29 is 9.18 Å². The average Bonchev–Trinajstić information content (AvgIpc) is 2.37. The zero-order chi connectivity index (χ0) is 14.3. The fourth-order valence-corrected chi connectivity index (χ4v) is 1.62. The molecule has 0 aliphatic rings. The lowest BCUT2D eigenvalue weighted by atomic mass is 10.3. The Bertz CT molecular complexity index is 427. The first-order valence-electron chi connectivity index (χ1n) is 6.38. The fourth-order valence-electron chi connectivity index (χ4n) is 1.62. The number of carbonyl (C=O) groups is 1. The van der Waals surface area contributed by atoms with E-state index < -0.39 is 11.7 Å². The minimum absolute atomic E-state index is 0.0561. The van der Waals surface area contributed by atoms with Crippen molar-refractivity contribution in [3.05, 3.63) is 12.0 Å². The summed E-state index contributed by atoms with van der Waals surface area (Å²) in [6.45, 7) is 5.02. The van der Waals surface area contributed by atoms with Gasteiger partial charge in [-0.25, -0.2) is 9.37 Å². The van der Waals surface area contributed by atoms with Gasteiger partial charge in [0.2, 0.25) is 11.9 Å². The number of primary amides is 1. The summed E-state index contributed by atoms with van der Waals surface area (Å²) in [6.07, 6.45) is 2.86. The molecule has 0 aromatic carbocycles. The van der Waals surface area contributed by atoms with Crippen LogP contribution in [0.3, 0.4) is 0 Å². The molecule has 0 unspecified atom stereocenters. The second kappa shape index (κ2) is 7.50. The van der Waals surface area contributed by atoms with Crippen molar-refractivity contribution in [2.24, 2.45) is 5.73 Å². The van der Waals surface area contributed by atoms with Crippen molar-refractivity contribution >= 4 is 17.7 Å². The minimum atomic E-state index is -0.556. The highest BCUT2D eigenvalue weighted by atomic mass is 19.1. The Morgan fingerprint density at radius 2 is 2.26 bits per heavy atom. The fraction of sp³-hybridized carbons (Fsp3) is 0.583. The predicted molar refractivity (Wildman–Crippen MR) is 72.5 cm³/mol. The van der Waals surface area contributed by atoms with E-state index >= 15 is 0 Å². The van der Waals surface area contributed by atoms with Crippen LogP contribution in [0.2, 0.25) is 0 Å². The second-order valence-electron chi connectivity index (χ2n) is 4.14. The zero-order valence-electron chi connectivity index (χ0n) is 11.3. The number of nitrogens with two attached hydrogens (primary N) is 1. The van der Waals surface area contributed by atoms with E-state index in [1.807, 2.05) is 13.8 Å². The van der Waals surface area contributed by atoms with Gasteiger partial charge in [-0.1, -0.05) is 13.3 Å². The molecule has 3 N–H and O–H groups in total. The van der Waals surface area contributed by atoms with Gasteiger partial charge in [0.25, 0.3) is 0 Å². The van der Waals surface area contributed by atoms with E-state index in [-0.39, 0.29) is 12.4 Å². The molecule has 0 atom stereocenters. The molecular formula is C12H20FN5O. The number of carbonyl (C=O) groups excluding carboxylic acids is 1. The van der Waals surface area contributed by atoms with Crippen molar-refractivity contribution in [2.75, 3.05) is 29.9 Å². The summed E-state index contributed by atoms with van der Waals surface area (Å²) in [5.41, 5.74) is 5.19. The Hall–Kier alpha value is -1.92. The van der Waals surface area contributed by atoms with Crippen LogP contribution in [0.4, 0.5) is 16.2 Å². The molecular weight excluding hydrogens is 249 g/mol. The minimum Gasteiger partial charge on any atom is -0.368 e. The molecule has 1 amide bonds. The van der Waals surface area contributed by atoms with Gasteiger partial charge < -0.3 is 16.0 Å². The highest BCUT2D eigenvalue weighted by molar-refractivity contribution is 5.79. The summed E-state index contributed by atoms with van der Waals surface area (Å²) in [7, 11) is 0. The van der Waals surface area contributed by atoms with E-state index in [1.165, 1.54) is 0 Å². The summed E-state index contributed by atoms with van der Waals surface area (Å²) < 4.78 is 13.8. The Balaban J connectivity index is 2.97. The van der Waals surface area contributed by atoms with Crippen molar-refractivity contribution in [3.63, 3.8) is 0 Å². The molecule has 106 valence electrons.